The van der Waals surface area contributed by atoms with Gasteiger partial charge in [0.15, 0.2) is 0 Å². The number of rotatable bonds is 6. The van der Waals surface area contributed by atoms with Gasteiger partial charge in [0.1, 0.15) is 12.0 Å². The molecule has 2 aliphatic rings. The smallest absolute Gasteiger partial charge is 0.272 e. The van der Waals surface area contributed by atoms with E-state index in [-0.39, 0.29) is 17.7 Å². The van der Waals surface area contributed by atoms with Crippen molar-refractivity contribution in [2.24, 2.45) is 5.92 Å². The molecular formula is C25H31Cl2N5O2. The molecule has 1 aromatic heterocycles. The number of halogens is 2. The van der Waals surface area contributed by atoms with Gasteiger partial charge in [-0.05, 0) is 63.3 Å². The highest BCUT2D eigenvalue weighted by Gasteiger charge is 2.34. The fraction of sp³-hybridized carbons (Fsp3) is 0.520. The molecule has 3 heterocycles. The lowest BCUT2D eigenvalue weighted by Gasteiger charge is -2.36. The fourth-order valence-corrected chi connectivity index (χ4v) is 5.35. The van der Waals surface area contributed by atoms with Crippen molar-refractivity contribution < 1.29 is 9.59 Å². The van der Waals surface area contributed by atoms with Crippen LogP contribution in [-0.2, 0) is 17.6 Å². The van der Waals surface area contributed by atoms with Crippen molar-refractivity contribution in [3.05, 3.63) is 57.1 Å². The minimum atomic E-state index is -0.0289. The number of aryl methyl sites for hydroxylation is 2. The molecule has 2 aromatic rings. The zero-order chi connectivity index (χ0) is 24.2. The van der Waals surface area contributed by atoms with Crippen LogP contribution in [0.5, 0.6) is 0 Å². The van der Waals surface area contributed by atoms with E-state index in [9.17, 15) is 9.59 Å². The maximum absolute atomic E-state index is 13.3. The van der Waals surface area contributed by atoms with Gasteiger partial charge in [0.2, 0.25) is 5.91 Å². The molecule has 1 N–H and O–H groups in total. The molecule has 1 atom stereocenters. The van der Waals surface area contributed by atoms with Gasteiger partial charge < -0.3 is 10.2 Å². The molecule has 0 spiro atoms. The number of benzene rings is 1. The summed E-state index contributed by atoms with van der Waals surface area (Å²) in [4.78, 5) is 38.3. The lowest BCUT2D eigenvalue weighted by Crippen LogP contribution is -2.46. The minimum absolute atomic E-state index is 0.0289. The van der Waals surface area contributed by atoms with Crippen LogP contribution in [0, 0.1) is 12.8 Å². The first-order valence-electron chi connectivity index (χ1n) is 11.9. The number of hydrogen-bond acceptors (Lipinski definition) is 5. The van der Waals surface area contributed by atoms with Gasteiger partial charge in [-0.2, -0.15) is 0 Å². The zero-order valence-corrected chi connectivity index (χ0v) is 21.2. The van der Waals surface area contributed by atoms with Crippen molar-refractivity contribution in [3.8, 4) is 0 Å². The molecule has 2 fully saturated rings. The molecule has 1 aromatic carbocycles. The Balaban J connectivity index is 1.34. The number of piperidine rings is 1. The largest absolute Gasteiger partial charge is 0.359 e. The van der Waals surface area contributed by atoms with E-state index in [1.165, 1.54) is 6.33 Å². The van der Waals surface area contributed by atoms with Crippen molar-refractivity contribution in [1.29, 1.82) is 0 Å². The Bertz CT molecular complexity index is 1060. The standard InChI is InChI=1S/C25H31Cl2N5O2/c1-16-22(6-4-17-3-5-20(26)21(27)13-17)29-15-30-23(16)25(34)31-11-8-19(9-12-31)32-10-7-18(14-32)24(33)28-2/h3,5,13,15,18-19H,4,6-12,14H2,1-2H3,(H,28,33)/t18-/m0/s1. The number of nitrogens with zero attached hydrogens (tertiary/aromatic N) is 4. The molecular weight excluding hydrogens is 473 g/mol. The molecule has 182 valence electrons. The molecule has 0 bridgehead atoms. The summed E-state index contributed by atoms with van der Waals surface area (Å²) in [5.74, 6) is 0.179. The van der Waals surface area contributed by atoms with E-state index in [1.807, 2.05) is 24.0 Å². The lowest BCUT2D eigenvalue weighted by atomic mass is 10.0. The first-order valence-corrected chi connectivity index (χ1v) is 12.6. The number of amides is 2. The first kappa shape index (κ1) is 24.9. The Morgan fingerprint density at radius 3 is 2.53 bits per heavy atom. The predicted molar refractivity (Wildman–Crippen MR) is 133 cm³/mol. The van der Waals surface area contributed by atoms with Crippen LogP contribution >= 0.6 is 23.2 Å². The van der Waals surface area contributed by atoms with Crippen LogP contribution in [0.25, 0.3) is 0 Å². The quantitative estimate of drug-likeness (QED) is 0.651. The third kappa shape index (κ3) is 5.53. The van der Waals surface area contributed by atoms with Crippen molar-refractivity contribution in [1.82, 2.24) is 25.1 Å². The summed E-state index contributed by atoms with van der Waals surface area (Å²) in [6, 6.07) is 6.05. The van der Waals surface area contributed by atoms with Gasteiger partial charge in [-0.3, -0.25) is 14.5 Å². The van der Waals surface area contributed by atoms with E-state index in [0.29, 0.717) is 41.3 Å². The Hall–Kier alpha value is -2.22. The van der Waals surface area contributed by atoms with Crippen LogP contribution in [0.2, 0.25) is 10.0 Å². The maximum Gasteiger partial charge on any atom is 0.272 e. The average Bonchev–Trinajstić information content (AvgIpc) is 3.35. The van der Waals surface area contributed by atoms with Gasteiger partial charge in [-0.25, -0.2) is 9.97 Å². The first-order chi connectivity index (χ1) is 16.4. The Kier molecular flexibility index (Phi) is 8.06. The minimum Gasteiger partial charge on any atom is -0.359 e. The van der Waals surface area contributed by atoms with Crippen LogP contribution < -0.4 is 5.32 Å². The van der Waals surface area contributed by atoms with Gasteiger partial charge in [-0.1, -0.05) is 29.3 Å². The Morgan fingerprint density at radius 2 is 1.82 bits per heavy atom. The second-order valence-electron chi connectivity index (χ2n) is 9.16. The second kappa shape index (κ2) is 11.0. The molecule has 0 radical (unpaired) electrons. The number of hydrogen-bond donors (Lipinski definition) is 1. The predicted octanol–water partition coefficient (Wildman–Crippen LogP) is 3.55. The summed E-state index contributed by atoms with van der Waals surface area (Å²) >= 11 is 12.1. The molecule has 0 aliphatic carbocycles. The topological polar surface area (TPSA) is 78.4 Å². The second-order valence-corrected chi connectivity index (χ2v) is 9.97. The normalized spacial score (nSPS) is 19.4. The molecule has 2 aliphatic heterocycles. The lowest BCUT2D eigenvalue weighted by molar-refractivity contribution is -0.124. The van der Waals surface area contributed by atoms with E-state index in [2.05, 4.69) is 20.2 Å². The Morgan fingerprint density at radius 1 is 1.06 bits per heavy atom. The average molecular weight is 504 g/mol. The number of likely N-dealkylation sites (tertiary alicyclic amines) is 2. The van der Waals surface area contributed by atoms with E-state index < -0.39 is 0 Å². The number of carbonyl (C=O) groups excluding carboxylic acids is 2. The zero-order valence-electron chi connectivity index (χ0n) is 19.7. The number of carbonyl (C=O) groups is 2. The van der Waals surface area contributed by atoms with Gasteiger partial charge in [-0.15, -0.1) is 0 Å². The van der Waals surface area contributed by atoms with Crippen LogP contribution in [0.3, 0.4) is 0 Å². The highest BCUT2D eigenvalue weighted by Crippen LogP contribution is 2.26. The summed E-state index contributed by atoms with van der Waals surface area (Å²) in [6.07, 6.45) is 5.67. The van der Waals surface area contributed by atoms with Gasteiger partial charge >= 0.3 is 0 Å². The van der Waals surface area contributed by atoms with E-state index >= 15 is 0 Å². The van der Waals surface area contributed by atoms with Crippen molar-refractivity contribution in [3.63, 3.8) is 0 Å². The Labute approximate surface area is 210 Å². The molecule has 7 nitrogen and oxygen atoms in total. The molecule has 2 amide bonds. The molecule has 0 saturated carbocycles. The molecule has 0 unspecified atom stereocenters. The summed E-state index contributed by atoms with van der Waals surface area (Å²) in [6.45, 7) is 5.09. The summed E-state index contributed by atoms with van der Waals surface area (Å²) < 4.78 is 0. The molecule has 9 heteroatoms. The summed E-state index contributed by atoms with van der Waals surface area (Å²) in [5, 5.41) is 3.84. The van der Waals surface area contributed by atoms with Gasteiger partial charge in [0.05, 0.1) is 16.0 Å². The van der Waals surface area contributed by atoms with Crippen molar-refractivity contribution in [2.45, 2.75) is 45.1 Å². The van der Waals surface area contributed by atoms with Crippen LogP contribution in [0.1, 0.15) is 46.6 Å². The third-order valence-corrected chi connectivity index (χ3v) is 7.87. The highest BCUT2D eigenvalue weighted by molar-refractivity contribution is 6.42. The van der Waals surface area contributed by atoms with Crippen molar-refractivity contribution in [2.75, 3.05) is 33.2 Å². The van der Waals surface area contributed by atoms with E-state index in [1.54, 1.807) is 13.1 Å². The van der Waals surface area contributed by atoms with E-state index in [4.69, 9.17) is 23.2 Å². The number of nitrogens with one attached hydrogen (secondary N) is 1. The van der Waals surface area contributed by atoms with E-state index in [0.717, 1.165) is 55.6 Å². The summed E-state index contributed by atoms with van der Waals surface area (Å²) in [5.41, 5.74) is 3.26. The molecule has 4 rings (SSSR count). The third-order valence-electron chi connectivity index (χ3n) is 7.13. The maximum atomic E-state index is 13.3. The highest BCUT2D eigenvalue weighted by atomic mass is 35.5. The van der Waals surface area contributed by atoms with Gasteiger partial charge in [0.25, 0.3) is 5.91 Å². The molecule has 34 heavy (non-hydrogen) atoms. The van der Waals surface area contributed by atoms with Crippen molar-refractivity contribution >= 4 is 35.0 Å². The summed E-state index contributed by atoms with van der Waals surface area (Å²) in [7, 11) is 1.70. The fourth-order valence-electron chi connectivity index (χ4n) is 5.03. The monoisotopic (exact) mass is 503 g/mol. The SMILES string of the molecule is CNC(=O)[C@H]1CCN(C2CCN(C(=O)c3ncnc(CCc4ccc(Cl)c(Cl)c4)c3C)CC2)C1. The van der Waals surface area contributed by atoms with Crippen LogP contribution in [0.4, 0.5) is 0 Å². The number of aromatic nitrogens is 2. The van der Waals surface area contributed by atoms with Crippen LogP contribution in [-0.4, -0.2) is 70.9 Å². The van der Waals surface area contributed by atoms with Gasteiger partial charge in [0, 0.05) is 44.0 Å². The van der Waals surface area contributed by atoms with Crippen LogP contribution in [0.15, 0.2) is 24.5 Å². The molecule has 2 saturated heterocycles.